The lowest BCUT2D eigenvalue weighted by atomic mass is 9.67. The Hall–Kier alpha value is -8.00. The van der Waals surface area contributed by atoms with E-state index in [0.717, 1.165) is 11.4 Å². The molecule has 312 valence electrons. The number of rotatable bonds is 7. The average Bonchev–Trinajstić information content (AvgIpc) is 3.94. The van der Waals surface area contributed by atoms with Gasteiger partial charge in [0.05, 0.1) is 16.5 Å². The first kappa shape index (κ1) is 38.5. The second-order valence-corrected chi connectivity index (χ2v) is 18.7. The number of benzene rings is 10. The molecule has 0 saturated heterocycles. The minimum absolute atomic E-state index is 0.155. The van der Waals surface area contributed by atoms with Crippen LogP contribution in [0, 0.1) is 0 Å². The highest BCUT2D eigenvalue weighted by Crippen LogP contribution is 2.61. The molecule has 0 fully saturated rings. The summed E-state index contributed by atoms with van der Waals surface area (Å²) in [5, 5.41) is 0. The van der Waals surface area contributed by atoms with Gasteiger partial charge in [0.15, 0.2) is 0 Å². The van der Waals surface area contributed by atoms with Crippen LogP contribution in [-0.2, 0) is 16.2 Å². The largest absolute Gasteiger partial charge is 0.310 e. The molecule has 66 heavy (non-hydrogen) atoms. The monoisotopic (exact) mass is 841 g/mol. The van der Waals surface area contributed by atoms with E-state index in [1.807, 2.05) is 0 Å². The standard InChI is InChI=1S/C65H47N/c1-63(2)55-33-18-17-32-52(55)62-60(63)36-21-37-61(62)66(48-38-40-58-53(42-48)50-30-15-19-34-56(50)64(58,44-22-7-3-8-23-44)45-24-9-4-10-25-45)49-39-41-59-54(43-49)51-31-16-20-35-57(51)65(59,46-26-11-5-12-27-46)47-28-13-6-14-29-47/h3-43H,1-2H3. The van der Waals surface area contributed by atoms with Gasteiger partial charge in [0.1, 0.15) is 0 Å². The maximum absolute atomic E-state index is 2.55. The van der Waals surface area contributed by atoms with Gasteiger partial charge >= 0.3 is 0 Å². The molecule has 0 amide bonds. The smallest absolute Gasteiger partial charge is 0.0713 e. The Bertz CT molecular complexity index is 3230. The lowest BCUT2D eigenvalue weighted by molar-refractivity contribution is 0.660. The Morgan fingerprint density at radius 3 is 1.06 bits per heavy atom. The predicted octanol–water partition coefficient (Wildman–Crippen LogP) is 16.2. The fourth-order valence-electron chi connectivity index (χ4n) is 12.5. The summed E-state index contributed by atoms with van der Waals surface area (Å²) in [7, 11) is 0. The molecule has 3 aliphatic carbocycles. The average molecular weight is 842 g/mol. The van der Waals surface area contributed by atoms with Gasteiger partial charge in [0, 0.05) is 22.4 Å². The second kappa shape index (κ2) is 14.5. The Morgan fingerprint density at radius 1 is 0.273 bits per heavy atom. The summed E-state index contributed by atoms with van der Waals surface area (Å²) < 4.78 is 0. The fraction of sp³-hybridized carbons (Fsp3) is 0.0769. The van der Waals surface area contributed by atoms with Crippen molar-refractivity contribution in [2.75, 3.05) is 4.90 Å². The maximum atomic E-state index is 2.55. The second-order valence-electron chi connectivity index (χ2n) is 18.7. The molecule has 0 aromatic heterocycles. The first-order chi connectivity index (χ1) is 32.5. The molecule has 0 N–H and O–H groups in total. The van der Waals surface area contributed by atoms with Crippen LogP contribution in [0.4, 0.5) is 17.1 Å². The minimum Gasteiger partial charge on any atom is -0.310 e. The summed E-state index contributed by atoms with van der Waals surface area (Å²) in [5.74, 6) is 0. The number of hydrogen-bond acceptors (Lipinski definition) is 1. The van der Waals surface area contributed by atoms with Gasteiger partial charge in [0.2, 0.25) is 0 Å². The lowest BCUT2D eigenvalue weighted by Gasteiger charge is -2.35. The molecule has 0 spiro atoms. The van der Waals surface area contributed by atoms with Crippen molar-refractivity contribution in [3.05, 3.63) is 304 Å². The summed E-state index contributed by atoms with van der Waals surface area (Å²) in [4.78, 5) is 2.55. The van der Waals surface area contributed by atoms with Gasteiger partial charge < -0.3 is 4.90 Å². The minimum atomic E-state index is -0.482. The van der Waals surface area contributed by atoms with E-state index >= 15 is 0 Å². The van der Waals surface area contributed by atoms with Crippen molar-refractivity contribution >= 4 is 17.1 Å². The maximum Gasteiger partial charge on any atom is 0.0713 e. The number of nitrogens with zero attached hydrogens (tertiary/aromatic N) is 1. The SMILES string of the molecule is CC1(C)c2ccccc2-c2c(N(c3ccc4c(c3)-c3ccccc3C4(c3ccccc3)c3ccccc3)c3ccc4c(c3)-c3ccccc3C4(c3ccccc3)c3ccccc3)cccc21. The third kappa shape index (κ3) is 5.17. The molecule has 1 nitrogen and oxygen atoms in total. The molecule has 0 aliphatic heterocycles. The fourth-order valence-corrected chi connectivity index (χ4v) is 12.5. The quantitative estimate of drug-likeness (QED) is 0.155. The summed E-state index contributed by atoms with van der Waals surface area (Å²) in [5.41, 5.74) is 23.0. The zero-order valence-electron chi connectivity index (χ0n) is 37.1. The van der Waals surface area contributed by atoms with Crippen LogP contribution in [0.25, 0.3) is 33.4 Å². The number of anilines is 3. The van der Waals surface area contributed by atoms with Gasteiger partial charge in [0.25, 0.3) is 0 Å². The predicted molar refractivity (Wildman–Crippen MR) is 273 cm³/mol. The Balaban J connectivity index is 1.10. The van der Waals surface area contributed by atoms with Gasteiger partial charge in [-0.2, -0.15) is 0 Å². The van der Waals surface area contributed by atoms with E-state index in [4.69, 9.17) is 0 Å². The molecule has 0 heterocycles. The molecular weight excluding hydrogens is 795 g/mol. The van der Waals surface area contributed by atoms with Crippen LogP contribution in [0.1, 0.15) is 69.5 Å². The molecule has 0 atom stereocenters. The summed E-state index contributed by atoms with van der Waals surface area (Å²) in [6, 6.07) is 93.1. The Kier molecular flexibility index (Phi) is 8.45. The summed E-state index contributed by atoms with van der Waals surface area (Å²) >= 11 is 0. The van der Waals surface area contributed by atoms with Gasteiger partial charge in [-0.15, -0.1) is 0 Å². The molecule has 13 rings (SSSR count). The highest BCUT2D eigenvalue weighted by Gasteiger charge is 2.48. The topological polar surface area (TPSA) is 3.24 Å². The van der Waals surface area contributed by atoms with Crippen LogP contribution in [0.2, 0.25) is 0 Å². The van der Waals surface area contributed by atoms with Crippen LogP contribution in [0.3, 0.4) is 0 Å². The first-order valence-electron chi connectivity index (χ1n) is 23.3. The third-order valence-electron chi connectivity index (χ3n) is 15.2. The van der Waals surface area contributed by atoms with Crippen LogP contribution in [0.15, 0.2) is 249 Å². The summed E-state index contributed by atoms with van der Waals surface area (Å²) in [6.45, 7) is 4.76. The number of hydrogen-bond donors (Lipinski definition) is 0. The molecule has 0 saturated carbocycles. The van der Waals surface area contributed by atoms with Crippen molar-refractivity contribution in [1.82, 2.24) is 0 Å². The van der Waals surface area contributed by atoms with Gasteiger partial charge in [-0.3, -0.25) is 0 Å². The van der Waals surface area contributed by atoms with Crippen molar-refractivity contribution in [3.8, 4) is 33.4 Å². The molecule has 1 heteroatoms. The van der Waals surface area contributed by atoms with Crippen LogP contribution >= 0.6 is 0 Å². The number of fused-ring (bicyclic) bond motifs is 9. The van der Waals surface area contributed by atoms with E-state index in [1.54, 1.807) is 0 Å². The van der Waals surface area contributed by atoms with Gasteiger partial charge in [-0.1, -0.05) is 232 Å². The molecular formula is C65H47N. The van der Waals surface area contributed by atoms with E-state index in [0.29, 0.717) is 0 Å². The Labute approximate surface area is 388 Å². The van der Waals surface area contributed by atoms with E-state index in [-0.39, 0.29) is 5.41 Å². The van der Waals surface area contributed by atoms with Crippen molar-refractivity contribution in [1.29, 1.82) is 0 Å². The van der Waals surface area contributed by atoms with E-state index in [1.165, 1.54) is 94.7 Å². The van der Waals surface area contributed by atoms with Crippen LogP contribution in [-0.4, -0.2) is 0 Å². The van der Waals surface area contributed by atoms with E-state index in [9.17, 15) is 0 Å². The molecule has 0 radical (unpaired) electrons. The Morgan fingerprint density at radius 2 is 0.621 bits per heavy atom. The molecule has 3 aliphatic rings. The van der Waals surface area contributed by atoms with Crippen molar-refractivity contribution in [3.63, 3.8) is 0 Å². The lowest BCUT2D eigenvalue weighted by Crippen LogP contribution is -2.28. The molecule has 0 unspecified atom stereocenters. The molecule has 10 aromatic rings. The zero-order valence-corrected chi connectivity index (χ0v) is 37.1. The summed E-state index contributed by atoms with van der Waals surface area (Å²) in [6.07, 6.45) is 0. The van der Waals surface area contributed by atoms with E-state index < -0.39 is 10.8 Å². The van der Waals surface area contributed by atoms with E-state index in [2.05, 4.69) is 267 Å². The zero-order chi connectivity index (χ0) is 44.0. The van der Waals surface area contributed by atoms with Crippen LogP contribution in [0.5, 0.6) is 0 Å². The normalized spacial score (nSPS) is 14.9. The highest BCUT2D eigenvalue weighted by atomic mass is 15.1. The van der Waals surface area contributed by atoms with Gasteiger partial charge in [-0.25, -0.2) is 0 Å². The van der Waals surface area contributed by atoms with Crippen molar-refractivity contribution in [2.45, 2.75) is 30.1 Å². The molecule has 0 bridgehead atoms. The van der Waals surface area contributed by atoms with Crippen molar-refractivity contribution < 1.29 is 0 Å². The van der Waals surface area contributed by atoms with Gasteiger partial charge in [-0.05, 0) is 114 Å². The molecule has 10 aromatic carbocycles. The van der Waals surface area contributed by atoms with Crippen LogP contribution < -0.4 is 4.90 Å². The third-order valence-corrected chi connectivity index (χ3v) is 15.2. The highest BCUT2D eigenvalue weighted by molar-refractivity contribution is 5.98. The first-order valence-corrected chi connectivity index (χ1v) is 23.3. The van der Waals surface area contributed by atoms with Crippen molar-refractivity contribution in [2.24, 2.45) is 0 Å².